The van der Waals surface area contributed by atoms with Crippen LogP contribution < -0.4 is 10.1 Å². The number of rotatable bonds is 6. The Morgan fingerprint density at radius 1 is 1.14 bits per heavy atom. The maximum absolute atomic E-state index is 13.6. The summed E-state index contributed by atoms with van der Waals surface area (Å²) in [7, 11) is 0. The highest BCUT2D eigenvalue weighted by Crippen LogP contribution is 2.28. The van der Waals surface area contributed by atoms with Gasteiger partial charge in [0.15, 0.2) is 17.3 Å². The number of carbonyl (C=O) groups excluding carboxylic acids is 1. The smallest absolute Gasteiger partial charge is 0.272 e. The van der Waals surface area contributed by atoms with Gasteiger partial charge in [-0.2, -0.15) is 5.10 Å². The standard InChI is InChI=1S/C21H18ClF2N3O2/c22-13-4-7-15(8-5-13)29-11-10-25-21(28)20-16-2-1-3-19(16)27(26-20)14-6-9-17(23)18(24)12-14/h4-9,12H,1-3,10-11H2,(H,25,28). The van der Waals surface area contributed by atoms with Crippen LogP contribution in [0.4, 0.5) is 8.78 Å². The number of hydrogen-bond donors (Lipinski definition) is 1. The highest BCUT2D eigenvalue weighted by atomic mass is 35.5. The SMILES string of the molecule is O=C(NCCOc1ccc(Cl)cc1)c1nn(-c2ccc(F)c(F)c2)c2c1CCC2. The molecule has 0 unspecified atom stereocenters. The lowest BCUT2D eigenvalue weighted by Crippen LogP contribution is -2.29. The molecule has 4 rings (SSSR count). The van der Waals surface area contributed by atoms with Crippen LogP contribution in [0, 0.1) is 11.6 Å². The van der Waals surface area contributed by atoms with Gasteiger partial charge in [-0.1, -0.05) is 11.6 Å². The lowest BCUT2D eigenvalue weighted by molar-refractivity contribution is 0.0940. The van der Waals surface area contributed by atoms with Crippen LogP contribution in [0.15, 0.2) is 42.5 Å². The average molecular weight is 418 g/mol. The molecule has 0 atom stereocenters. The topological polar surface area (TPSA) is 56.1 Å². The van der Waals surface area contributed by atoms with E-state index in [9.17, 15) is 13.6 Å². The van der Waals surface area contributed by atoms with E-state index in [1.165, 1.54) is 10.7 Å². The Hall–Kier alpha value is -2.93. The molecule has 0 fully saturated rings. The molecule has 0 aliphatic heterocycles. The fourth-order valence-corrected chi connectivity index (χ4v) is 3.52. The Kier molecular flexibility index (Phi) is 5.49. The number of benzene rings is 2. The zero-order valence-electron chi connectivity index (χ0n) is 15.4. The Bertz CT molecular complexity index is 1050. The van der Waals surface area contributed by atoms with Crippen molar-refractivity contribution in [1.29, 1.82) is 0 Å². The van der Waals surface area contributed by atoms with Crippen LogP contribution in [0.3, 0.4) is 0 Å². The van der Waals surface area contributed by atoms with Gasteiger partial charge in [-0.15, -0.1) is 0 Å². The molecule has 29 heavy (non-hydrogen) atoms. The second-order valence-electron chi connectivity index (χ2n) is 6.70. The summed E-state index contributed by atoms with van der Waals surface area (Å²) in [4.78, 5) is 12.6. The first-order valence-corrected chi connectivity index (χ1v) is 9.63. The molecule has 1 amide bonds. The molecule has 5 nitrogen and oxygen atoms in total. The third-order valence-corrected chi connectivity index (χ3v) is 5.02. The molecule has 0 radical (unpaired) electrons. The highest BCUT2D eigenvalue weighted by molar-refractivity contribution is 6.30. The number of nitrogens with zero attached hydrogens (tertiary/aromatic N) is 2. The van der Waals surface area contributed by atoms with Crippen LogP contribution in [0.2, 0.25) is 5.02 Å². The molecule has 2 aromatic carbocycles. The fourth-order valence-electron chi connectivity index (χ4n) is 3.40. The Morgan fingerprint density at radius 2 is 1.93 bits per heavy atom. The molecule has 0 spiro atoms. The summed E-state index contributed by atoms with van der Waals surface area (Å²) in [5, 5.41) is 7.80. The van der Waals surface area contributed by atoms with Crippen LogP contribution in [0.1, 0.15) is 28.2 Å². The van der Waals surface area contributed by atoms with Gasteiger partial charge in [0.25, 0.3) is 5.91 Å². The van der Waals surface area contributed by atoms with E-state index >= 15 is 0 Å². The lowest BCUT2D eigenvalue weighted by Gasteiger charge is -2.08. The number of nitrogens with one attached hydrogen (secondary N) is 1. The third-order valence-electron chi connectivity index (χ3n) is 4.76. The largest absolute Gasteiger partial charge is 0.492 e. The van der Waals surface area contributed by atoms with Crippen molar-refractivity contribution in [2.45, 2.75) is 19.3 Å². The highest BCUT2D eigenvalue weighted by Gasteiger charge is 2.27. The molecule has 8 heteroatoms. The monoisotopic (exact) mass is 417 g/mol. The summed E-state index contributed by atoms with van der Waals surface area (Å²) in [5.74, 6) is -1.53. The van der Waals surface area contributed by atoms with E-state index in [0.717, 1.165) is 42.7 Å². The van der Waals surface area contributed by atoms with Crippen molar-refractivity contribution in [2.75, 3.05) is 13.2 Å². The fraction of sp³-hybridized carbons (Fsp3) is 0.238. The predicted molar refractivity (Wildman–Crippen MR) is 105 cm³/mol. The first-order valence-electron chi connectivity index (χ1n) is 9.25. The number of carbonyl (C=O) groups is 1. The van der Waals surface area contributed by atoms with Gasteiger partial charge in [0, 0.05) is 22.3 Å². The molecule has 1 aliphatic rings. The van der Waals surface area contributed by atoms with Crippen molar-refractivity contribution in [3.8, 4) is 11.4 Å². The van der Waals surface area contributed by atoms with E-state index in [-0.39, 0.29) is 5.91 Å². The molecule has 150 valence electrons. The van der Waals surface area contributed by atoms with Crippen LogP contribution in [-0.4, -0.2) is 28.8 Å². The number of aromatic nitrogens is 2. The van der Waals surface area contributed by atoms with Gasteiger partial charge in [-0.25, -0.2) is 13.5 Å². The maximum atomic E-state index is 13.6. The zero-order chi connectivity index (χ0) is 20.4. The molecule has 3 aromatic rings. The van der Waals surface area contributed by atoms with Crippen LogP contribution in [0.5, 0.6) is 5.75 Å². The summed E-state index contributed by atoms with van der Waals surface area (Å²) >= 11 is 5.83. The van der Waals surface area contributed by atoms with Gasteiger partial charge >= 0.3 is 0 Å². The summed E-state index contributed by atoms with van der Waals surface area (Å²) < 4.78 is 34.0. The minimum absolute atomic E-state index is 0.291. The molecule has 0 saturated heterocycles. The Balaban J connectivity index is 1.44. The van der Waals surface area contributed by atoms with Gasteiger partial charge in [0.1, 0.15) is 12.4 Å². The second-order valence-corrected chi connectivity index (χ2v) is 7.13. The summed E-state index contributed by atoms with van der Waals surface area (Å²) in [6.07, 6.45) is 2.34. The van der Waals surface area contributed by atoms with Gasteiger partial charge in [-0.3, -0.25) is 4.79 Å². The van der Waals surface area contributed by atoms with E-state index in [4.69, 9.17) is 16.3 Å². The molecule has 1 aromatic heterocycles. The summed E-state index contributed by atoms with van der Waals surface area (Å²) in [5.41, 5.74) is 2.42. The quantitative estimate of drug-likeness (QED) is 0.614. The van der Waals surface area contributed by atoms with Crippen molar-refractivity contribution < 1.29 is 18.3 Å². The molecule has 0 bridgehead atoms. The van der Waals surface area contributed by atoms with Gasteiger partial charge in [-0.05, 0) is 55.7 Å². The van der Waals surface area contributed by atoms with Crippen molar-refractivity contribution in [3.05, 3.63) is 76.1 Å². The molecule has 1 heterocycles. The Labute approximate surface area is 171 Å². The van der Waals surface area contributed by atoms with Gasteiger partial charge in [0.05, 0.1) is 12.2 Å². The summed E-state index contributed by atoms with van der Waals surface area (Å²) in [6, 6.07) is 10.5. The first kappa shape index (κ1) is 19.4. The second kappa shape index (κ2) is 8.21. The molecular weight excluding hydrogens is 400 g/mol. The van der Waals surface area contributed by atoms with E-state index in [2.05, 4.69) is 10.4 Å². The van der Waals surface area contributed by atoms with Crippen molar-refractivity contribution in [2.24, 2.45) is 0 Å². The van der Waals surface area contributed by atoms with E-state index in [1.807, 2.05) is 0 Å². The zero-order valence-corrected chi connectivity index (χ0v) is 16.2. The normalized spacial score (nSPS) is 12.7. The average Bonchev–Trinajstić information content (AvgIpc) is 3.31. The minimum atomic E-state index is -0.949. The van der Waals surface area contributed by atoms with E-state index in [1.54, 1.807) is 24.3 Å². The molecule has 0 saturated carbocycles. The van der Waals surface area contributed by atoms with Crippen molar-refractivity contribution >= 4 is 17.5 Å². The van der Waals surface area contributed by atoms with E-state index in [0.29, 0.717) is 35.3 Å². The summed E-state index contributed by atoms with van der Waals surface area (Å²) in [6.45, 7) is 0.591. The van der Waals surface area contributed by atoms with E-state index < -0.39 is 11.6 Å². The maximum Gasteiger partial charge on any atom is 0.272 e. The number of amides is 1. The number of ether oxygens (including phenoxy) is 1. The minimum Gasteiger partial charge on any atom is -0.492 e. The first-order chi connectivity index (χ1) is 14.0. The predicted octanol–water partition coefficient (Wildman–Crippen LogP) is 4.10. The van der Waals surface area contributed by atoms with Gasteiger partial charge in [0.2, 0.25) is 0 Å². The van der Waals surface area contributed by atoms with Crippen LogP contribution >= 0.6 is 11.6 Å². The van der Waals surface area contributed by atoms with Crippen LogP contribution in [-0.2, 0) is 12.8 Å². The number of hydrogen-bond acceptors (Lipinski definition) is 3. The molecule has 1 N–H and O–H groups in total. The third kappa shape index (κ3) is 4.10. The lowest BCUT2D eigenvalue weighted by atomic mass is 10.2. The van der Waals surface area contributed by atoms with Gasteiger partial charge < -0.3 is 10.1 Å². The number of fused-ring (bicyclic) bond motifs is 1. The van der Waals surface area contributed by atoms with Crippen LogP contribution in [0.25, 0.3) is 5.69 Å². The number of halogens is 3. The Morgan fingerprint density at radius 3 is 2.69 bits per heavy atom. The molecular formula is C21H18ClF2N3O2. The molecule has 1 aliphatic carbocycles. The van der Waals surface area contributed by atoms with Crippen molar-refractivity contribution in [1.82, 2.24) is 15.1 Å². The van der Waals surface area contributed by atoms with Crippen molar-refractivity contribution in [3.63, 3.8) is 0 Å².